The summed E-state index contributed by atoms with van der Waals surface area (Å²) in [6.45, 7) is 9.56. The second-order valence-corrected chi connectivity index (χ2v) is 4.73. The molecule has 0 unspecified atom stereocenters. The molecule has 0 atom stereocenters. The fourth-order valence-corrected chi connectivity index (χ4v) is 1.22. The van der Waals surface area contributed by atoms with Gasteiger partial charge in [0.25, 0.3) is 0 Å². The van der Waals surface area contributed by atoms with Crippen molar-refractivity contribution in [2.24, 2.45) is 5.41 Å². The molecule has 0 aromatic heterocycles. The molecule has 0 aliphatic rings. The van der Waals surface area contributed by atoms with Crippen molar-refractivity contribution in [2.45, 2.75) is 27.4 Å². The number of carbonyl (C=O) groups excluding carboxylic acids is 1. The summed E-state index contributed by atoms with van der Waals surface area (Å²) >= 11 is 0. The molecule has 0 saturated carbocycles. The zero-order chi connectivity index (χ0) is 12.2. The molecule has 0 bridgehead atoms. The SMILES string of the molecule is C=Cc1ccccc1COC(=O)C(C)(C)C. The van der Waals surface area contributed by atoms with Gasteiger partial charge in [-0.2, -0.15) is 0 Å². The Hall–Kier alpha value is -1.57. The first-order valence-electron chi connectivity index (χ1n) is 5.32. The number of hydrogen-bond donors (Lipinski definition) is 0. The van der Waals surface area contributed by atoms with Gasteiger partial charge in [0.2, 0.25) is 0 Å². The standard InChI is InChI=1S/C14H18O2/c1-5-11-8-6-7-9-12(11)10-16-13(15)14(2,3)4/h5-9H,1,10H2,2-4H3. The predicted molar refractivity (Wildman–Crippen MR) is 65.8 cm³/mol. The molecule has 0 saturated heterocycles. The lowest BCUT2D eigenvalue weighted by molar-refractivity contribution is -0.154. The highest BCUT2D eigenvalue weighted by Gasteiger charge is 2.22. The first kappa shape index (κ1) is 12.5. The van der Waals surface area contributed by atoms with Crippen molar-refractivity contribution >= 4 is 12.0 Å². The van der Waals surface area contributed by atoms with Gasteiger partial charge in [0.05, 0.1) is 5.41 Å². The van der Waals surface area contributed by atoms with Crippen LogP contribution in [0.25, 0.3) is 6.08 Å². The Labute approximate surface area is 96.9 Å². The third-order valence-corrected chi connectivity index (χ3v) is 2.25. The van der Waals surface area contributed by atoms with Crippen molar-refractivity contribution in [2.75, 3.05) is 0 Å². The molecule has 0 amide bonds. The van der Waals surface area contributed by atoms with Gasteiger partial charge >= 0.3 is 5.97 Å². The Morgan fingerprint density at radius 2 is 2.00 bits per heavy atom. The molecular formula is C14H18O2. The summed E-state index contributed by atoms with van der Waals surface area (Å²) in [5, 5.41) is 0. The summed E-state index contributed by atoms with van der Waals surface area (Å²) in [7, 11) is 0. The van der Waals surface area contributed by atoms with E-state index < -0.39 is 5.41 Å². The van der Waals surface area contributed by atoms with Gasteiger partial charge in [-0.05, 0) is 31.9 Å². The van der Waals surface area contributed by atoms with E-state index in [0.29, 0.717) is 6.61 Å². The van der Waals surface area contributed by atoms with Gasteiger partial charge in [0.15, 0.2) is 0 Å². The van der Waals surface area contributed by atoms with Gasteiger partial charge in [-0.15, -0.1) is 0 Å². The second-order valence-electron chi connectivity index (χ2n) is 4.73. The third kappa shape index (κ3) is 3.23. The molecule has 2 heteroatoms. The van der Waals surface area contributed by atoms with Crippen LogP contribution in [0.4, 0.5) is 0 Å². The minimum Gasteiger partial charge on any atom is -0.460 e. The average molecular weight is 218 g/mol. The van der Waals surface area contributed by atoms with Crippen molar-refractivity contribution in [1.29, 1.82) is 0 Å². The van der Waals surface area contributed by atoms with Crippen LogP contribution in [0.2, 0.25) is 0 Å². The van der Waals surface area contributed by atoms with Crippen molar-refractivity contribution in [1.82, 2.24) is 0 Å². The van der Waals surface area contributed by atoms with Gasteiger partial charge in [-0.3, -0.25) is 4.79 Å². The highest BCUT2D eigenvalue weighted by Crippen LogP contribution is 2.18. The highest BCUT2D eigenvalue weighted by molar-refractivity contribution is 5.75. The molecular weight excluding hydrogens is 200 g/mol. The normalized spacial score (nSPS) is 10.9. The van der Waals surface area contributed by atoms with Gasteiger partial charge in [0, 0.05) is 0 Å². The van der Waals surface area contributed by atoms with Crippen LogP contribution in [0.3, 0.4) is 0 Å². The Morgan fingerprint density at radius 1 is 1.38 bits per heavy atom. The molecule has 0 aliphatic carbocycles. The number of ether oxygens (including phenoxy) is 1. The molecule has 0 heterocycles. The second kappa shape index (κ2) is 4.97. The van der Waals surface area contributed by atoms with E-state index in [4.69, 9.17) is 4.74 Å². The molecule has 86 valence electrons. The molecule has 2 nitrogen and oxygen atoms in total. The lowest BCUT2D eigenvalue weighted by atomic mass is 9.97. The molecule has 0 N–H and O–H groups in total. The molecule has 1 aromatic carbocycles. The number of esters is 1. The van der Waals surface area contributed by atoms with Crippen LogP contribution in [0.1, 0.15) is 31.9 Å². The van der Waals surface area contributed by atoms with Crippen molar-refractivity contribution in [3.8, 4) is 0 Å². The van der Waals surface area contributed by atoms with Crippen LogP contribution in [-0.4, -0.2) is 5.97 Å². The van der Waals surface area contributed by atoms with Crippen molar-refractivity contribution in [3.05, 3.63) is 42.0 Å². The minimum atomic E-state index is -0.455. The minimum absolute atomic E-state index is 0.189. The lowest BCUT2D eigenvalue weighted by Gasteiger charge is -2.17. The van der Waals surface area contributed by atoms with E-state index in [-0.39, 0.29) is 5.97 Å². The Kier molecular flexibility index (Phi) is 3.88. The van der Waals surface area contributed by atoms with E-state index in [1.165, 1.54) is 0 Å². The molecule has 1 aromatic rings. The van der Waals surface area contributed by atoms with Gasteiger partial charge in [0.1, 0.15) is 6.61 Å². The largest absolute Gasteiger partial charge is 0.460 e. The fraction of sp³-hybridized carbons (Fsp3) is 0.357. The quantitative estimate of drug-likeness (QED) is 0.727. The van der Waals surface area contributed by atoms with Crippen LogP contribution in [0, 0.1) is 5.41 Å². The van der Waals surface area contributed by atoms with Crippen LogP contribution in [-0.2, 0) is 16.1 Å². The van der Waals surface area contributed by atoms with Crippen molar-refractivity contribution < 1.29 is 9.53 Å². The number of hydrogen-bond acceptors (Lipinski definition) is 2. The first-order chi connectivity index (χ1) is 7.45. The van der Waals surface area contributed by atoms with Crippen LogP contribution in [0.15, 0.2) is 30.8 Å². The van der Waals surface area contributed by atoms with Crippen LogP contribution < -0.4 is 0 Å². The maximum atomic E-state index is 11.6. The third-order valence-electron chi connectivity index (χ3n) is 2.25. The van der Waals surface area contributed by atoms with Gasteiger partial charge in [-0.1, -0.05) is 36.9 Å². The lowest BCUT2D eigenvalue weighted by Crippen LogP contribution is -2.22. The summed E-state index contributed by atoms with van der Waals surface area (Å²) in [6, 6.07) is 7.75. The summed E-state index contributed by atoms with van der Waals surface area (Å²) in [4.78, 5) is 11.6. The average Bonchev–Trinajstić information content (AvgIpc) is 2.24. The molecule has 1 rings (SSSR count). The molecule has 0 aliphatic heterocycles. The Morgan fingerprint density at radius 3 is 2.56 bits per heavy atom. The predicted octanol–water partition coefficient (Wildman–Crippen LogP) is 3.42. The summed E-state index contributed by atoms with van der Waals surface area (Å²) < 4.78 is 5.25. The number of rotatable bonds is 3. The van der Waals surface area contributed by atoms with Crippen molar-refractivity contribution in [3.63, 3.8) is 0 Å². The van der Waals surface area contributed by atoms with Gasteiger partial charge in [-0.25, -0.2) is 0 Å². The maximum Gasteiger partial charge on any atom is 0.311 e. The van der Waals surface area contributed by atoms with E-state index in [2.05, 4.69) is 6.58 Å². The van der Waals surface area contributed by atoms with E-state index in [9.17, 15) is 4.79 Å². The topological polar surface area (TPSA) is 26.3 Å². The summed E-state index contributed by atoms with van der Waals surface area (Å²) in [5.41, 5.74) is 1.53. The Bertz CT molecular complexity index is 386. The van der Waals surface area contributed by atoms with Crippen LogP contribution >= 0.6 is 0 Å². The monoisotopic (exact) mass is 218 g/mol. The zero-order valence-corrected chi connectivity index (χ0v) is 10.1. The maximum absolute atomic E-state index is 11.6. The fourth-order valence-electron chi connectivity index (χ4n) is 1.22. The first-order valence-corrected chi connectivity index (χ1v) is 5.32. The Balaban J connectivity index is 2.68. The smallest absolute Gasteiger partial charge is 0.311 e. The number of benzene rings is 1. The van der Waals surface area contributed by atoms with Crippen LogP contribution in [0.5, 0.6) is 0 Å². The van der Waals surface area contributed by atoms with E-state index in [1.54, 1.807) is 6.08 Å². The van der Waals surface area contributed by atoms with E-state index >= 15 is 0 Å². The molecule has 16 heavy (non-hydrogen) atoms. The van der Waals surface area contributed by atoms with Gasteiger partial charge < -0.3 is 4.74 Å². The molecule has 0 spiro atoms. The highest BCUT2D eigenvalue weighted by atomic mass is 16.5. The van der Waals surface area contributed by atoms with E-state index in [1.807, 2.05) is 45.0 Å². The summed E-state index contributed by atoms with van der Waals surface area (Å²) in [6.07, 6.45) is 1.76. The number of carbonyl (C=O) groups is 1. The summed E-state index contributed by atoms with van der Waals surface area (Å²) in [5.74, 6) is -0.189. The molecule has 0 fully saturated rings. The van der Waals surface area contributed by atoms with E-state index in [0.717, 1.165) is 11.1 Å². The zero-order valence-electron chi connectivity index (χ0n) is 10.1. The molecule has 0 radical (unpaired) electrons.